The molecule has 0 saturated heterocycles. The first kappa shape index (κ1) is 18.1. The summed E-state index contributed by atoms with van der Waals surface area (Å²) < 4.78 is 27.1. The first-order valence-corrected chi connectivity index (χ1v) is 9.04. The van der Waals surface area contributed by atoms with E-state index in [-0.39, 0.29) is 14.9 Å². The monoisotopic (exact) mass is 377 g/mol. The number of carbonyl (C=O) groups is 1. The molecule has 1 aromatic rings. The Morgan fingerprint density at radius 3 is 2.52 bits per heavy atom. The fourth-order valence-corrected chi connectivity index (χ4v) is 3.96. The van der Waals surface area contributed by atoms with E-state index in [0.29, 0.717) is 12.5 Å². The fraction of sp³-hybridized carbons (Fsp3) is 0.500. The summed E-state index contributed by atoms with van der Waals surface area (Å²) in [6.45, 7) is 4.64. The smallest absolute Gasteiger partial charge is 0.335 e. The molecule has 0 bridgehead atoms. The van der Waals surface area contributed by atoms with Crippen molar-refractivity contribution in [2.24, 2.45) is 5.92 Å². The highest BCUT2D eigenvalue weighted by Gasteiger charge is 2.18. The van der Waals surface area contributed by atoms with Gasteiger partial charge in [-0.25, -0.2) is 17.9 Å². The molecule has 118 valence electrons. The molecule has 0 saturated carbocycles. The van der Waals surface area contributed by atoms with Gasteiger partial charge in [-0.05, 0) is 46.5 Å². The Labute approximate surface area is 133 Å². The third-order valence-corrected chi connectivity index (χ3v) is 5.41. The van der Waals surface area contributed by atoms with Crippen LogP contribution in [0.2, 0.25) is 0 Å². The quantitative estimate of drug-likeness (QED) is 0.681. The van der Waals surface area contributed by atoms with E-state index in [0.717, 1.165) is 19.3 Å². The molecule has 5 nitrogen and oxygen atoms in total. The van der Waals surface area contributed by atoms with Crippen molar-refractivity contribution in [3.63, 3.8) is 0 Å². The van der Waals surface area contributed by atoms with E-state index in [2.05, 4.69) is 34.5 Å². The molecule has 0 amide bonds. The molecule has 0 aromatic heterocycles. The minimum absolute atomic E-state index is 0.0396. The number of nitrogens with one attached hydrogen (secondary N) is 1. The third kappa shape index (κ3) is 5.76. The maximum absolute atomic E-state index is 12.1. The molecule has 0 unspecified atom stereocenters. The predicted octanol–water partition coefficient (Wildman–Crippen LogP) is 3.25. The van der Waals surface area contributed by atoms with Gasteiger partial charge >= 0.3 is 5.97 Å². The predicted molar refractivity (Wildman–Crippen MR) is 85.0 cm³/mol. The summed E-state index contributed by atoms with van der Waals surface area (Å²) in [5.41, 5.74) is 0.0396. The van der Waals surface area contributed by atoms with E-state index in [9.17, 15) is 13.2 Å². The van der Waals surface area contributed by atoms with E-state index in [4.69, 9.17) is 5.11 Å². The average molecular weight is 378 g/mol. The topological polar surface area (TPSA) is 83.5 Å². The van der Waals surface area contributed by atoms with Crippen molar-refractivity contribution in [2.45, 2.75) is 38.0 Å². The first-order valence-electron chi connectivity index (χ1n) is 6.76. The first-order chi connectivity index (χ1) is 9.74. The number of unbranched alkanes of at least 4 members (excludes halogenated alkanes) is 1. The third-order valence-electron chi connectivity index (χ3n) is 2.97. The highest BCUT2D eigenvalue weighted by Crippen LogP contribution is 2.23. The maximum Gasteiger partial charge on any atom is 0.335 e. The van der Waals surface area contributed by atoms with Crippen molar-refractivity contribution in [2.75, 3.05) is 6.54 Å². The number of carboxylic acid groups (broad SMARTS) is 1. The van der Waals surface area contributed by atoms with E-state index in [1.54, 1.807) is 0 Å². The lowest BCUT2D eigenvalue weighted by atomic mass is 10.1. The fourth-order valence-electron chi connectivity index (χ4n) is 1.81. The van der Waals surface area contributed by atoms with Gasteiger partial charge in [0.25, 0.3) is 0 Å². The molecule has 7 heteroatoms. The van der Waals surface area contributed by atoms with Gasteiger partial charge in [-0.15, -0.1) is 0 Å². The van der Waals surface area contributed by atoms with Crippen LogP contribution in [0.5, 0.6) is 0 Å². The number of carboxylic acids is 1. The number of benzene rings is 1. The van der Waals surface area contributed by atoms with Crippen molar-refractivity contribution < 1.29 is 18.3 Å². The number of halogens is 1. The second-order valence-electron chi connectivity index (χ2n) is 5.24. The lowest BCUT2D eigenvalue weighted by Crippen LogP contribution is -2.25. The van der Waals surface area contributed by atoms with Crippen LogP contribution in [0.4, 0.5) is 0 Å². The van der Waals surface area contributed by atoms with E-state index in [1.165, 1.54) is 18.2 Å². The minimum Gasteiger partial charge on any atom is -0.478 e. The molecule has 0 aliphatic heterocycles. The summed E-state index contributed by atoms with van der Waals surface area (Å²) in [4.78, 5) is 10.9. The molecule has 1 rings (SSSR count). The zero-order valence-electron chi connectivity index (χ0n) is 12.1. The number of aromatic carboxylic acids is 1. The maximum atomic E-state index is 12.1. The normalized spacial score (nSPS) is 11.8. The van der Waals surface area contributed by atoms with Crippen LogP contribution < -0.4 is 4.72 Å². The van der Waals surface area contributed by atoms with Crippen LogP contribution in [-0.2, 0) is 10.0 Å². The molecular formula is C14H20BrNO4S. The average Bonchev–Trinajstić information content (AvgIpc) is 2.37. The Hall–Kier alpha value is -0.920. The molecular weight excluding hydrogens is 358 g/mol. The van der Waals surface area contributed by atoms with Crippen molar-refractivity contribution in [3.05, 3.63) is 28.2 Å². The van der Waals surface area contributed by atoms with Crippen LogP contribution in [0.3, 0.4) is 0 Å². The van der Waals surface area contributed by atoms with Crippen molar-refractivity contribution in [1.82, 2.24) is 4.72 Å². The highest BCUT2D eigenvalue weighted by atomic mass is 79.9. The summed E-state index contributed by atoms with van der Waals surface area (Å²) in [6, 6.07) is 3.86. The van der Waals surface area contributed by atoms with Gasteiger partial charge in [-0.2, -0.15) is 0 Å². The van der Waals surface area contributed by atoms with Gasteiger partial charge in [-0.3, -0.25) is 0 Å². The molecule has 0 atom stereocenters. The van der Waals surface area contributed by atoms with E-state index in [1.807, 2.05) is 0 Å². The Morgan fingerprint density at radius 1 is 1.33 bits per heavy atom. The molecule has 0 heterocycles. The standard InChI is InChI=1S/C14H20BrNO4S/c1-10(2)5-3-4-8-16-21(19,20)13-7-6-11(14(17)18)9-12(13)15/h6-7,9-10,16H,3-5,8H2,1-2H3,(H,17,18). The highest BCUT2D eigenvalue weighted by molar-refractivity contribution is 9.10. The van der Waals surface area contributed by atoms with Crippen LogP contribution >= 0.6 is 15.9 Å². The Balaban J connectivity index is 2.68. The molecule has 0 aliphatic rings. The van der Waals surface area contributed by atoms with Crippen LogP contribution in [0, 0.1) is 5.92 Å². The Bertz CT molecular complexity index is 599. The molecule has 0 spiro atoms. The number of hydrogen-bond acceptors (Lipinski definition) is 3. The van der Waals surface area contributed by atoms with Crippen LogP contribution in [-0.4, -0.2) is 26.0 Å². The van der Waals surface area contributed by atoms with E-state index < -0.39 is 16.0 Å². The van der Waals surface area contributed by atoms with Crippen molar-refractivity contribution in [1.29, 1.82) is 0 Å². The van der Waals surface area contributed by atoms with Gasteiger partial charge in [0.15, 0.2) is 0 Å². The largest absolute Gasteiger partial charge is 0.478 e. The summed E-state index contributed by atoms with van der Waals surface area (Å²) >= 11 is 3.11. The van der Waals surface area contributed by atoms with Crippen molar-refractivity contribution >= 4 is 31.9 Å². The van der Waals surface area contributed by atoms with Crippen molar-refractivity contribution in [3.8, 4) is 0 Å². The van der Waals surface area contributed by atoms with Gasteiger partial charge in [0.05, 0.1) is 10.5 Å². The van der Waals surface area contributed by atoms with Gasteiger partial charge in [0, 0.05) is 11.0 Å². The van der Waals surface area contributed by atoms with Gasteiger partial charge < -0.3 is 5.11 Å². The summed E-state index contributed by atoms with van der Waals surface area (Å²) in [5, 5.41) is 8.86. The lowest BCUT2D eigenvalue weighted by molar-refractivity contribution is 0.0696. The van der Waals surface area contributed by atoms with Crippen LogP contribution in [0.25, 0.3) is 0 Å². The van der Waals surface area contributed by atoms with Gasteiger partial charge in [-0.1, -0.05) is 26.7 Å². The zero-order chi connectivity index (χ0) is 16.0. The van der Waals surface area contributed by atoms with Crippen LogP contribution in [0.1, 0.15) is 43.5 Å². The molecule has 0 radical (unpaired) electrons. The second-order valence-corrected chi connectivity index (χ2v) is 7.83. The van der Waals surface area contributed by atoms with E-state index >= 15 is 0 Å². The summed E-state index contributed by atoms with van der Waals surface area (Å²) in [7, 11) is -3.62. The molecule has 2 N–H and O–H groups in total. The zero-order valence-corrected chi connectivity index (χ0v) is 14.5. The molecule has 0 aliphatic carbocycles. The lowest BCUT2D eigenvalue weighted by Gasteiger charge is -2.09. The van der Waals surface area contributed by atoms with Gasteiger partial charge in [0.2, 0.25) is 10.0 Å². The molecule has 21 heavy (non-hydrogen) atoms. The second kappa shape index (κ2) is 7.91. The molecule has 1 aromatic carbocycles. The molecule has 0 fully saturated rings. The SMILES string of the molecule is CC(C)CCCCNS(=O)(=O)c1ccc(C(=O)O)cc1Br. The Kier molecular flexibility index (Phi) is 6.83. The summed E-state index contributed by atoms with van der Waals surface area (Å²) in [5.74, 6) is -0.486. The van der Waals surface area contributed by atoms with Crippen LogP contribution in [0.15, 0.2) is 27.6 Å². The minimum atomic E-state index is -3.62. The number of hydrogen-bond donors (Lipinski definition) is 2. The number of sulfonamides is 1. The number of rotatable bonds is 8. The summed E-state index contributed by atoms with van der Waals surface area (Å²) in [6.07, 6.45) is 2.82. The van der Waals surface area contributed by atoms with Gasteiger partial charge in [0.1, 0.15) is 0 Å². The Morgan fingerprint density at radius 2 is 2.00 bits per heavy atom.